The molecule has 8 heteroatoms. The first-order chi connectivity index (χ1) is 17.0. The maximum Gasteiger partial charge on any atom is 0.420 e. The van der Waals surface area contributed by atoms with Gasteiger partial charge in [0, 0.05) is 22.8 Å². The molecule has 0 fully saturated rings. The molecule has 1 aliphatic heterocycles. The van der Waals surface area contributed by atoms with Gasteiger partial charge in [-0.05, 0) is 43.3 Å². The predicted octanol–water partition coefficient (Wildman–Crippen LogP) is 4.61. The summed E-state index contributed by atoms with van der Waals surface area (Å²) in [5, 5.41) is 4.12. The van der Waals surface area contributed by atoms with E-state index in [-0.39, 0.29) is 12.3 Å². The highest BCUT2D eigenvalue weighted by atomic mass is 16.6. The van der Waals surface area contributed by atoms with Crippen LogP contribution in [-0.2, 0) is 6.54 Å². The minimum Gasteiger partial charge on any atom is -0.486 e. The van der Waals surface area contributed by atoms with Crippen LogP contribution in [0.25, 0.3) is 22.4 Å². The molecule has 1 aliphatic rings. The fraction of sp³-hybridized carbons (Fsp3) is 0.148. The third-order valence-electron chi connectivity index (χ3n) is 5.95. The average Bonchev–Trinajstić information content (AvgIpc) is 3.48. The normalized spacial score (nSPS) is 12.7. The van der Waals surface area contributed by atoms with Gasteiger partial charge in [0.05, 0.1) is 12.1 Å². The summed E-state index contributed by atoms with van der Waals surface area (Å²) >= 11 is 0. The van der Waals surface area contributed by atoms with Crippen molar-refractivity contribution in [2.75, 3.05) is 13.2 Å². The molecule has 3 heterocycles. The highest BCUT2D eigenvalue weighted by Gasteiger charge is 2.18. The minimum atomic E-state index is -0.538. The molecule has 0 atom stereocenters. The molecular weight excluding hydrogens is 448 g/mol. The van der Waals surface area contributed by atoms with E-state index in [2.05, 4.69) is 5.16 Å². The van der Waals surface area contributed by atoms with Gasteiger partial charge < -0.3 is 18.4 Å². The molecule has 5 aromatic rings. The van der Waals surface area contributed by atoms with E-state index in [4.69, 9.17) is 18.4 Å². The van der Waals surface area contributed by atoms with Crippen LogP contribution in [0.3, 0.4) is 0 Å². The van der Waals surface area contributed by atoms with Crippen molar-refractivity contribution >= 4 is 16.9 Å². The summed E-state index contributed by atoms with van der Waals surface area (Å²) in [6.45, 7) is 3.14. The number of benzene rings is 3. The zero-order valence-electron chi connectivity index (χ0n) is 18.8. The van der Waals surface area contributed by atoms with Gasteiger partial charge in [-0.25, -0.2) is 4.79 Å². The summed E-state index contributed by atoms with van der Waals surface area (Å²) in [7, 11) is 0. The van der Waals surface area contributed by atoms with Crippen LogP contribution in [0.5, 0.6) is 11.5 Å². The zero-order chi connectivity index (χ0) is 23.9. The van der Waals surface area contributed by atoms with Gasteiger partial charge in [-0.15, -0.1) is 0 Å². The van der Waals surface area contributed by atoms with Crippen LogP contribution in [-0.4, -0.2) is 28.7 Å². The molecule has 174 valence electrons. The first-order valence-corrected chi connectivity index (χ1v) is 11.2. The lowest BCUT2D eigenvalue weighted by atomic mass is 10.0. The second-order valence-corrected chi connectivity index (χ2v) is 8.37. The Morgan fingerprint density at radius 3 is 2.51 bits per heavy atom. The first-order valence-electron chi connectivity index (χ1n) is 11.2. The Labute approximate surface area is 199 Å². The van der Waals surface area contributed by atoms with Gasteiger partial charge in [0.2, 0.25) is 0 Å². The van der Waals surface area contributed by atoms with E-state index >= 15 is 0 Å². The summed E-state index contributed by atoms with van der Waals surface area (Å²) in [6.07, 6.45) is 0. The number of hydrogen-bond donors (Lipinski definition) is 0. The Balaban J connectivity index is 1.27. The quantitative estimate of drug-likeness (QED) is 0.348. The van der Waals surface area contributed by atoms with Gasteiger partial charge in [0.25, 0.3) is 0 Å². The molecule has 35 heavy (non-hydrogen) atoms. The second kappa shape index (κ2) is 8.32. The van der Waals surface area contributed by atoms with Crippen molar-refractivity contribution in [3.05, 3.63) is 99.7 Å². The van der Waals surface area contributed by atoms with Crippen molar-refractivity contribution in [2.45, 2.75) is 13.5 Å². The van der Waals surface area contributed by atoms with E-state index in [1.54, 1.807) is 36.4 Å². The molecule has 0 spiro atoms. The van der Waals surface area contributed by atoms with E-state index < -0.39 is 5.76 Å². The first kappa shape index (κ1) is 21.0. The van der Waals surface area contributed by atoms with Crippen LogP contribution < -0.4 is 15.2 Å². The summed E-state index contributed by atoms with van der Waals surface area (Å²) < 4.78 is 23.6. The monoisotopic (exact) mass is 468 g/mol. The van der Waals surface area contributed by atoms with Gasteiger partial charge in [-0.1, -0.05) is 35.0 Å². The molecule has 0 bridgehead atoms. The molecule has 3 aromatic carbocycles. The molecule has 0 saturated carbocycles. The highest BCUT2D eigenvalue weighted by Crippen LogP contribution is 2.34. The third-order valence-corrected chi connectivity index (χ3v) is 5.95. The smallest absolute Gasteiger partial charge is 0.420 e. The Bertz CT molecular complexity index is 1620. The summed E-state index contributed by atoms with van der Waals surface area (Å²) in [5.41, 5.74) is 4.35. The molecule has 8 nitrogen and oxygen atoms in total. The fourth-order valence-electron chi connectivity index (χ4n) is 4.11. The molecular formula is C27H20N2O6. The minimum absolute atomic E-state index is 0.136. The summed E-state index contributed by atoms with van der Waals surface area (Å²) in [5.74, 6) is 1.21. The van der Waals surface area contributed by atoms with E-state index in [0.29, 0.717) is 58.4 Å². The van der Waals surface area contributed by atoms with Gasteiger partial charge in [-0.2, -0.15) is 0 Å². The van der Waals surface area contributed by atoms with Crippen LogP contribution in [0.15, 0.2) is 80.5 Å². The standard InChI is InChI=1S/C27H20N2O6/c1-16-2-4-17(5-3-16)26(30)19-6-8-21-24(13-19)34-27(31)29(21)15-20-14-23(35-28-20)18-7-9-22-25(12-18)33-11-10-32-22/h2-9,12-14H,10-11,15H2,1H3. The van der Waals surface area contributed by atoms with Crippen LogP contribution in [0.2, 0.25) is 0 Å². The maximum atomic E-state index is 12.8. The van der Waals surface area contributed by atoms with Gasteiger partial charge in [-0.3, -0.25) is 9.36 Å². The van der Waals surface area contributed by atoms with Gasteiger partial charge in [0.15, 0.2) is 28.6 Å². The Kier molecular flexibility index (Phi) is 4.99. The van der Waals surface area contributed by atoms with E-state index in [0.717, 1.165) is 11.1 Å². The van der Waals surface area contributed by atoms with E-state index in [1.165, 1.54) is 4.57 Å². The molecule has 0 unspecified atom stereocenters. The summed E-state index contributed by atoms with van der Waals surface area (Å²) in [4.78, 5) is 25.4. The largest absolute Gasteiger partial charge is 0.486 e. The Morgan fingerprint density at radius 1 is 0.914 bits per heavy atom. The number of oxazole rings is 1. The van der Waals surface area contributed by atoms with Crippen molar-refractivity contribution in [1.82, 2.24) is 9.72 Å². The lowest BCUT2D eigenvalue weighted by Gasteiger charge is -2.18. The number of rotatable bonds is 5. The zero-order valence-corrected chi connectivity index (χ0v) is 18.8. The number of ketones is 1. The van der Waals surface area contributed by atoms with E-state index in [9.17, 15) is 9.59 Å². The topological polar surface area (TPSA) is 96.7 Å². The SMILES string of the molecule is Cc1ccc(C(=O)c2ccc3c(c2)oc(=O)n3Cc2cc(-c3ccc4c(c3)OCCO4)on2)cc1. The molecule has 0 N–H and O–H groups in total. The average molecular weight is 468 g/mol. The third kappa shape index (κ3) is 3.89. The van der Waals surface area contributed by atoms with Crippen molar-refractivity contribution in [2.24, 2.45) is 0 Å². The Hall–Kier alpha value is -4.59. The number of fused-ring (bicyclic) bond motifs is 2. The van der Waals surface area contributed by atoms with Gasteiger partial charge in [0.1, 0.15) is 18.9 Å². The van der Waals surface area contributed by atoms with Crippen molar-refractivity contribution in [3.63, 3.8) is 0 Å². The number of carbonyl (C=O) groups excluding carboxylic acids is 1. The summed E-state index contributed by atoms with van der Waals surface area (Å²) in [6, 6.07) is 19.6. The number of hydrogen-bond acceptors (Lipinski definition) is 7. The van der Waals surface area contributed by atoms with Crippen molar-refractivity contribution in [3.8, 4) is 22.8 Å². The molecule has 0 saturated heterocycles. The lowest BCUT2D eigenvalue weighted by molar-refractivity contribution is 0.103. The highest BCUT2D eigenvalue weighted by molar-refractivity contribution is 6.10. The maximum absolute atomic E-state index is 12.8. The van der Waals surface area contributed by atoms with E-state index in [1.807, 2.05) is 37.3 Å². The second-order valence-electron chi connectivity index (χ2n) is 8.37. The number of nitrogens with zero attached hydrogens (tertiary/aromatic N) is 2. The fourth-order valence-corrected chi connectivity index (χ4v) is 4.11. The van der Waals surface area contributed by atoms with Crippen molar-refractivity contribution < 1.29 is 23.2 Å². The molecule has 0 radical (unpaired) electrons. The van der Waals surface area contributed by atoms with Crippen LogP contribution in [0.1, 0.15) is 27.2 Å². The number of ether oxygens (including phenoxy) is 2. The molecule has 0 amide bonds. The number of aromatic nitrogens is 2. The number of aryl methyl sites for hydroxylation is 1. The molecule has 6 rings (SSSR count). The van der Waals surface area contributed by atoms with Crippen LogP contribution in [0.4, 0.5) is 0 Å². The van der Waals surface area contributed by atoms with Gasteiger partial charge >= 0.3 is 5.76 Å². The van der Waals surface area contributed by atoms with Crippen molar-refractivity contribution in [1.29, 1.82) is 0 Å². The predicted molar refractivity (Wildman–Crippen MR) is 127 cm³/mol. The Morgan fingerprint density at radius 2 is 1.69 bits per heavy atom. The lowest BCUT2D eigenvalue weighted by Crippen LogP contribution is -2.15. The molecule has 2 aromatic heterocycles. The number of carbonyl (C=O) groups is 1. The molecule has 0 aliphatic carbocycles. The van der Waals surface area contributed by atoms with Crippen LogP contribution >= 0.6 is 0 Å². The van der Waals surface area contributed by atoms with Crippen LogP contribution in [0, 0.1) is 6.92 Å².